The van der Waals surface area contributed by atoms with Crippen LogP contribution in [0.4, 0.5) is 0 Å². The Morgan fingerprint density at radius 3 is 2.57 bits per heavy atom. The van der Waals surface area contributed by atoms with Crippen molar-refractivity contribution in [2.45, 2.75) is 19.1 Å². The molecule has 4 N–H and O–H groups in total. The molecule has 1 saturated heterocycles. The highest BCUT2D eigenvalue weighted by molar-refractivity contribution is 6.38. The second-order valence-corrected chi connectivity index (χ2v) is 11.3. The Morgan fingerprint density at radius 1 is 1.02 bits per heavy atom. The average Bonchev–Trinajstić information content (AvgIpc) is 3.72. The Labute approximate surface area is 275 Å². The lowest BCUT2D eigenvalue weighted by Gasteiger charge is -2.20. The molecule has 1 fully saturated rings. The van der Waals surface area contributed by atoms with E-state index in [1.54, 1.807) is 37.7 Å². The Bertz CT molecular complexity index is 1870. The van der Waals surface area contributed by atoms with Crippen LogP contribution < -0.4 is 24.8 Å². The van der Waals surface area contributed by atoms with Gasteiger partial charge in [-0.15, -0.1) is 0 Å². The summed E-state index contributed by atoms with van der Waals surface area (Å²) in [6.07, 6.45) is 3.82. The number of imidazole rings is 1. The zero-order chi connectivity index (χ0) is 32.2. The van der Waals surface area contributed by atoms with Crippen molar-refractivity contribution in [3.05, 3.63) is 106 Å². The van der Waals surface area contributed by atoms with Gasteiger partial charge in [0.05, 0.1) is 6.20 Å². The van der Waals surface area contributed by atoms with Crippen LogP contribution in [0.25, 0.3) is 11.4 Å². The number of benzene rings is 3. The number of phenolic OH excluding ortho intramolecular Hbond substituents is 1. The van der Waals surface area contributed by atoms with Gasteiger partial charge in [0.1, 0.15) is 34.8 Å². The summed E-state index contributed by atoms with van der Waals surface area (Å²) in [7, 11) is 1.54. The number of aromatic hydroxyl groups is 1. The number of phenols is 1. The second-order valence-electron chi connectivity index (χ2n) is 10.5. The highest BCUT2D eigenvalue weighted by Crippen LogP contribution is 2.47. The van der Waals surface area contributed by atoms with Crippen molar-refractivity contribution in [3.63, 3.8) is 0 Å². The molecule has 6 rings (SSSR count). The van der Waals surface area contributed by atoms with Gasteiger partial charge in [0.2, 0.25) is 11.8 Å². The van der Waals surface area contributed by atoms with Crippen LogP contribution in [-0.4, -0.2) is 56.8 Å². The predicted octanol–water partition coefficient (Wildman–Crippen LogP) is 6.54. The number of amidine groups is 1. The molecule has 1 aliphatic rings. The van der Waals surface area contributed by atoms with E-state index in [-0.39, 0.29) is 51.0 Å². The molecule has 2 aromatic heterocycles. The summed E-state index contributed by atoms with van der Waals surface area (Å²) in [4.78, 5) is 16.5. The molecule has 1 atom stereocenters. The molecule has 0 bridgehead atoms. The van der Waals surface area contributed by atoms with Crippen molar-refractivity contribution in [3.8, 4) is 46.1 Å². The minimum absolute atomic E-state index is 0.0117. The van der Waals surface area contributed by atoms with Gasteiger partial charge in [-0.2, -0.15) is 9.71 Å². The lowest BCUT2D eigenvalue weighted by atomic mass is 10.2. The van der Waals surface area contributed by atoms with E-state index >= 15 is 0 Å². The highest BCUT2D eigenvalue weighted by atomic mass is 35.5. The first-order valence-corrected chi connectivity index (χ1v) is 15.1. The summed E-state index contributed by atoms with van der Waals surface area (Å²) in [6, 6.07) is 21.6. The van der Waals surface area contributed by atoms with Crippen molar-refractivity contribution in [2.75, 3.05) is 20.2 Å². The summed E-state index contributed by atoms with van der Waals surface area (Å²) >= 11 is 13.7. The van der Waals surface area contributed by atoms with Crippen molar-refractivity contribution < 1.29 is 24.2 Å². The van der Waals surface area contributed by atoms with Crippen LogP contribution in [0.1, 0.15) is 17.5 Å². The predicted molar refractivity (Wildman–Crippen MR) is 174 cm³/mol. The monoisotopic (exact) mass is 660 g/mol. The van der Waals surface area contributed by atoms with Gasteiger partial charge in [-0.3, -0.25) is 10.3 Å². The van der Waals surface area contributed by atoms with Gasteiger partial charge in [-0.25, -0.2) is 4.98 Å². The van der Waals surface area contributed by atoms with Crippen molar-refractivity contribution in [2.24, 2.45) is 5.73 Å². The highest BCUT2D eigenvalue weighted by Gasteiger charge is 2.29. The summed E-state index contributed by atoms with van der Waals surface area (Å²) < 4.78 is 20.1. The maximum atomic E-state index is 10.5. The average molecular weight is 662 g/mol. The van der Waals surface area contributed by atoms with E-state index in [0.717, 1.165) is 25.1 Å². The van der Waals surface area contributed by atoms with E-state index in [0.29, 0.717) is 23.7 Å². The first-order valence-electron chi connectivity index (χ1n) is 14.3. The second kappa shape index (κ2) is 13.6. The smallest absolute Gasteiger partial charge is 0.245 e. The van der Waals surface area contributed by atoms with E-state index < -0.39 is 0 Å². The summed E-state index contributed by atoms with van der Waals surface area (Å²) in [5, 5.41) is 18.3. The van der Waals surface area contributed by atoms with E-state index in [2.05, 4.69) is 27.0 Å². The van der Waals surface area contributed by atoms with Crippen molar-refractivity contribution >= 4 is 29.0 Å². The number of pyridine rings is 1. The van der Waals surface area contributed by atoms with E-state index in [4.69, 9.17) is 53.4 Å². The number of hydrogen-bond donors (Lipinski definition) is 3. The van der Waals surface area contributed by atoms with Gasteiger partial charge in [-0.1, -0.05) is 65.7 Å². The number of nitrogens with one attached hydrogen (secondary N) is 1. The fourth-order valence-corrected chi connectivity index (χ4v) is 5.57. The quantitative estimate of drug-likeness (QED) is 0.106. The fourth-order valence-electron chi connectivity index (χ4n) is 5.08. The van der Waals surface area contributed by atoms with E-state index in [9.17, 15) is 5.11 Å². The molecule has 0 saturated carbocycles. The molecule has 0 radical (unpaired) electrons. The lowest BCUT2D eigenvalue weighted by Crippen LogP contribution is -2.24. The van der Waals surface area contributed by atoms with Crippen LogP contribution in [0.2, 0.25) is 10.0 Å². The Hall–Kier alpha value is -4.97. The van der Waals surface area contributed by atoms with Gasteiger partial charge < -0.3 is 29.9 Å². The third kappa shape index (κ3) is 6.81. The molecule has 13 heteroatoms. The SMILES string of the molecule is COn1ccnc1-c1cccc(Oc2nc(Oc3cc(C(=N)N)ccc3O)c(Cl)c(OC3CCN(Cc4ccccc4)C3)c2Cl)c1. The Morgan fingerprint density at radius 2 is 1.80 bits per heavy atom. The molecule has 46 heavy (non-hydrogen) atoms. The van der Waals surface area contributed by atoms with Gasteiger partial charge in [-0.05, 0) is 42.3 Å². The summed E-state index contributed by atoms with van der Waals surface area (Å²) in [5.41, 5.74) is 7.92. The van der Waals surface area contributed by atoms with Crippen LogP contribution in [0.5, 0.6) is 34.8 Å². The molecule has 3 heterocycles. The maximum Gasteiger partial charge on any atom is 0.245 e. The molecular formula is C33H30Cl2N6O5. The van der Waals surface area contributed by atoms with Crippen LogP contribution in [0, 0.1) is 5.41 Å². The molecular weight excluding hydrogens is 631 g/mol. The van der Waals surface area contributed by atoms with Gasteiger partial charge >= 0.3 is 0 Å². The molecule has 3 aromatic carbocycles. The molecule has 1 aliphatic heterocycles. The van der Waals surface area contributed by atoms with Crippen LogP contribution in [-0.2, 0) is 6.54 Å². The molecule has 236 valence electrons. The number of ether oxygens (including phenoxy) is 3. The normalized spacial score (nSPS) is 14.6. The molecule has 0 amide bonds. The van der Waals surface area contributed by atoms with Crippen LogP contribution >= 0.6 is 23.2 Å². The molecule has 5 aromatic rings. The minimum atomic E-state index is -0.229. The third-order valence-electron chi connectivity index (χ3n) is 7.33. The number of likely N-dealkylation sites (tertiary alicyclic amines) is 1. The molecule has 0 spiro atoms. The van der Waals surface area contributed by atoms with Crippen molar-refractivity contribution in [1.82, 2.24) is 19.6 Å². The lowest BCUT2D eigenvalue weighted by molar-refractivity contribution is 0.171. The zero-order valence-corrected chi connectivity index (χ0v) is 26.2. The first-order chi connectivity index (χ1) is 22.3. The largest absolute Gasteiger partial charge is 0.504 e. The topological polar surface area (TPSA) is 141 Å². The molecule has 0 aliphatic carbocycles. The number of nitrogen functional groups attached to an aromatic ring is 1. The number of hydrogen-bond acceptors (Lipinski definition) is 9. The Kier molecular flexibility index (Phi) is 9.16. The molecule has 1 unspecified atom stereocenters. The zero-order valence-electron chi connectivity index (χ0n) is 24.7. The van der Waals surface area contributed by atoms with Crippen LogP contribution in [0.15, 0.2) is 85.2 Å². The third-order valence-corrected chi connectivity index (χ3v) is 8.00. The van der Waals surface area contributed by atoms with Crippen molar-refractivity contribution in [1.29, 1.82) is 5.41 Å². The van der Waals surface area contributed by atoms with E-state index in [1.807, 2.05) is 24.3 Å². The van der Waals surface area contributed by atoms with Crippen LogP contribution in [0.3, 0.4) is 0 Å². The van der Waals surface area contributed by atoms with Gasteiger partial charge in [0.25, 0.3) is 0 Å². The Balaban J connectivity index is 1.33. The number of nitrogens with zero attached hydrogens (tertiary/aromatic N) is 4. The summed E-state index contributed by atoms with van der Waals surface area (Å²) in [6.45, 7) is 2.25. The van der Waals surface area contributed by atoms with E-state index in [1.165, 1.54) is 28.5 Å². The van der Waals surface area contributed by atoms with Gasteiger partial charge in [0, 0.05) is 37.0 Å². The number of rotatable bonds is 11. The molecule has 11 nitrogen and oxygen atoms in total. The number of halogens is 2. The number of nitrogens with two attached hydrogens (primary N) is 1. The number of aromatic nitrogens is 3. The minimum Gasteiger partial charge on any atom is -0.504 e. The summed E-state index contributed by atoms with van der Waals surface area (Å²) in [5.74, 6) is 0.487. The van der Waals surface area contributed by atoms with Gasteiger partial charge in [0.15, 0.2) is 23.1 Å². The first kappa shape index (κ1) is 31.0. The standard InChI is InChI=1S/C33H30Cl2N6O5/c1-43-41-15-13-38-31(41)22-8-5-9-23(16-22)45-32-27(34)29(44-24-12-14-40(19-24)18-20-6-3-2-4-7-20)28(35)33(39-32)46-26-17-21(30(36)37)10-11-25(26)42/h2-11,13,15-17,24,42H,12,14,18-19H2,1H3,(H3,36,37). The maximum absolute atomic E-state index is 10.5. The fraction of sp³-hybridized carbons (Fsp3) is 0.182.